The van der Waals surface area contributed by atoms with Crippen molar-refractivity contribution in [3.8, 4) is 5.75 Å². The average Bonchev–Trinajstić information content (AvgIpc) is 3.02. The number of hydrogen-bond acceptors (Lipinski definition) is 6. The van der Waals surface area contributed by atoms with Crippen LogP contribution >= 0.6 is 0 Å². The van der Waals surface area contributed by atoms with Crippen LogP contribution in [-0.4, -0.2) is 45.7 Å². The quantitative estimate of drug-likeness (QED) is 0.645. The fourth-order valence-electron chi connectivity index (χ4n) is 2.86. The lowest BCUT2D eigenvalue weighted by Gasteiger charge is -2.20. The van der Waals surface area contributed by atoms with Crippen LogP contribution in [-0.2, 0) is 0 Å². The number of hydrogen-bond donors (Lipinski definition) is 1. The van der Waals surface area contributed by atoms with E-state index in [0.29, 0.717) is 18.7 Å². The monoisotopic (exact) mass is 329 g/mol. The molecule has 24 heavy (non-hydrogen) atoms. The number of non-ortho nitro benzene ring substituents is 1. The van der Waals surface area contributed by atoms with E-state index in [1.165, 1.54) is 12.1 Å². The fraction of sp³-hybridized carbons (Fsp3) is 0.353. The number of benzene rings is 1. The number of aliphatic hydroxyl groups excluding tert-OH is 1. The predicted octanol–water partition coefficient (Wildman–Crippen LogP) is 2.18. The Hall–Kier alpha value is -2.51. The zero-order valence-electron chi connectivity index (χ0n) is 13.1. The van der Waals surface area contributed by atoms with Gasteiger partial charge in [0.2, 0.25) is 0 Å². The summed E-state index contributed by atoms with van der Waals surface area (Å²) in [5.74, 6) is 0.788. The Kier molecular flexibility index (Phi) is 5.02. The highest BCUT2D eigenvalue weighted by Crippen LogP contribution is 2.23. The highest BCUT2D eigenvalue weighted by atomic mass is 16.6. The molecule has 7 heteroatoms. The molecule has 2 unspecified atom stereocenters. The summed E-state index contributed by atoms with van der Waals surface area (Å²) in [4.78, 5) is 16.4. The number of likely N-dealkylation sites (tertiary alicyclic amines) is 1. The number of aliphatic hydroxyl groups is 1. The first kappa shape index (κ1) is 16.4. The molecule has 2 atom stereocenters. The third kappa shape index (κ3) is 4.06. The van der Waals surface area contributed by atoms with Crippen molar-refractivity contribution >= 4 is 5.69 Å². The van der Waals surface area contributed by atoms with E-state index >= 15 is 0 Å². The summed E-state index contributed by atoms with van der Waals surface area (Å²) in [6.45, 7) is 1.97. The maximum Gasteiger partial charge on any atom is 0.269 e. The molecule has 0 bridgehead atoms. The summed E-state index contributed by atoms with van der Waals surface area (Å²) in [6, 6.07) is 9.78. The van der Waals surface area contributed by atoms with E-state index in [1.807, 2.05) is 12.1 Å². The first-order valence-corrected chi connectivity index (χ1v) is 7.83. The van der Waals surface area contributed by atoms with Gasteiger partial charge in [0.05, 0.1) is 11.0 Å². The Labute approximate surface area is 139 Å². The van der Waals surface area contributed by atoms with Gasteiger partial charge in [-0.15, -0.1) is 0 Å². The zero-order chi connectivity index (χ0) is 16.9. The van der Waals surface area contributed by atoms with Gasteiger partial charge < -0.3 is 9.84 Å². The van der Waals surface area contributed by atoms with Crippen molar-refractivity contribution < 1.29 is 14.8 Å². The molecule has 2 heterocycles. The lowest BCUT2D eigenvalue weighted by atomic mass is 10.1. The summed E-state index contributed by atoms with van der Waals surface area (Å²) in [5, 5.41) is 21.2. The van der Waals surface area contributed by atoms with Crippen molar-refractivity contribution in [2.45, 2.75) is 18.6 Å². The number of nitrogens with zero attached hydrogens (tertiary/aromatic N) is 3. The summed E-state index contributed by atoms with van der Waals surface area (Å²) in [7, 11) is 0. The Morgan fingerprint density at radius 3 is 2.92 bits per heavy atom. The van der Waals surface area contributed by atoms with E-state index < -0.39 is 11.0 Å². The second kappa shape index (κ2) is 7.37. The standard InChI is InChI=1S/C17H19N3O4/c21-17(13-2-1-3-14(10-13)20(22)23)12-19-9-6-16(11-19)24-15-4-7-18-8-5-15/h1-5,7-8,10,16-17,21H,6,9,11-12H2. The molecule has 3 rings (SSSR count). The molecule has 0 spiro atoms. The van der Waals surface area contributed by atoms with E-state index in [4.69, 9.17) is 4.74 Å². The number of ether oxygens (including phenoxy) is 1. The van der Waals surface area contributed by atoms with Crippen LogP contribution in [0.5, 0.6) is 5.75 Å². The molecule has 0 aliphatic carbocycles. The lowest BCUT2D eigenvalue weighted by molar-refractivity contribution is -0.385. The van der Waals surface area contributed by atoms with Crippen LogP contribution < -0.4 is 4.74 Å². The number of rotatable bonds is 6. The highest BCUT2D eigenvalue weighted by Gasteiger charge is 2.26. The molecule has 1 aliphatic rings. The summed E-state index contributed by atoms with van der Waals surface area (Å²) in [6.07, 6.45) is 3.57. The summed E-state index contributed by atoms with van der Waals surface area (Å²) in [5.41, 5.74) is 0.551. The molecule has 1 N–H and O–H groups in total. The Bertz CT molecular complexity index is 695. The first-order chi connectivity index (χ1) is 11.6. The number of aromatic nitrogens is 1. The van der Waals surface area contributed by atoms with Crippen molar-refractivity contribution in [3.63, 3.8) is 0 Å². The first-order valence-electron chi connectivity index (χ1n) is 7.83. The zero-order valence-corrected chi connectivity index (χ0v) is 13.1. The van der Waals surface area contributed by atoms with Crippen molar-refractivity contribution in [3.05, 3.63) is 64.5 Å². The molecule has 1 saturated heterocycles. The number of pyridine rings is 1. The minimum absolute atomic E-state index is 0.00753. The van der Waals surface area contributed by atoms with Gasteiger partial charge in [-0.2, -0.15) is 0 Å². The molecule has 7 nitrogen and oxygen atoms in total. The second-order valence-electron chi connectivity index (χ2n) is 5.84. The maximum absolute atomic E-state index is 10.8. The van der Waals surface area contributed by atoms with Gasteiger partial charge in [0.15, 0.2) is 0 Å². The van der Waals surface area contributed by atoms with Gasteiger partial charge >= 0.3 is 0 Å². The van der Waals surface area contributed by atoms with Crippen molar-refractivity contribution in [1.29, 1.82) is 0 Å². The van der Waals surface area contributed by atoms with Crippen LogP contribution in [0.4, 0.5) is 5.69 Å². The molecular formula is C17H19N3O4. The summed E-state index contributed by atoms with van der Waals surface area (Å²) >= 11 is 0. The Morgan fingerprint density at radius 1 is 1.38 bits per heavy atom. The highest BCUT2D eigenvalue weighted by molar-refractivity contribution is 5.35. The third-order valence-electron chi connectivity index (χ3n) is 4.08. The largest absolute Gasteiger partial charge is 0.489 e. The molecule has 0 saturated carbocycles. The SMILES string of the molecule is O=[N+]([O-])c1cccc(C(O)CN2CCC(Oc3ccncc3)C2)c1. The molecule has 0 amide bonds. The molecule has 126 valence electrons. The lowest BCUT2D eigenvalue weighted by Crippen LogP contribution is -2.29. The number of β-amino-alcohol motifs (C(OH)–C–C–N with tert-alkyl or cyclic N) is 1. The van der Waals surface area contributed by atoms with Crippen molar-refractivity contribution in [2.75, 3.05) is 19.6 Å². The number of nitro benzene ring substituents is 1. The van der Waals surface area contributed by atoms with E-state index in [1.54, 1.807) is 24.5 Å². The fourth-order valence-corrected chi connectivity index (χ4v) is 2.86. The normalized spacial score (nSPS) is 19.1. The van der Waals surface area contributed by atoms with E-state index in [-0.39, 0.29) is 11.8 Å². The van der Waals surface area contributed by atoms with Gasteiger partial charge in [-0.1, -0.05) is 12.1 Å². The van der Waals surface area contributed by atoms with Crippen molar-refractivity contribution in [2.24, 2.45) is 0 Å². The van der Waals surface area contributed by atoms with Crippen molar-refractivity contribution in [1.82, 2.24) is 9.88 Å². The maximum atomic E-state index is 10.8. The topological polar surface area (TPSA) is 88.7 Å². The minimum Gasteiger partial charge on any atom is -0.489 e. The predicted molar refractivity (Wildman–Crippen MR) is 87.8 cm³/mol. The molecule has 1 aromatic carbocycles. The summed E-state index contributed by atoms with van der Waals surface area (Å²) < 4.78 is 5.89. The van der Waals surface area contributed by atoms with Crippen LogP contribution in [0, 0.1) is 10.1 Å². The van der Waals surface area contributed by atoms with Crippen LogP contribution in [0.1, 0.15) is 18.1 Å². The van der Waals surface area contributed by atoms with Crippen LogP contribution in [0.25, 0.3) is 0 Å². The molecule has 1 aromatic heterocycles. The van der Waals surface area contributed by atoms with E-state index in [0.717, 1.165) is 18.7 Å². The van der Waals surface area contributed by atoms with Gasteiger partial charge in [0.25, 0.3) is 5.69 Å². The third-order valence-corrected chi connectivity index (χ3v) is 4.08. The Balaban J connectivity index is 1.55. The van der Waals surface area contributed by atoms with E-state index in [2.05, 4.69) is 9.88 Å². The van der Waals surface area contributed by atoms with Crippen LogP contribution in [0.2, 0.25) is 0 Å². The van der Waals surface area contributed by atoms with Gasteiger partial charge in [0, 0.05) is 44.2 Å². The average molecular weight is 329 g/mol. The van der Waals surface area contributed by atoms with E-state index in [9.17, 15) is 15.2 Å². The molecule has 1 aliphatic heterocycles. The second-order valence-corrected chi connectivity index (χ2v) is 5.84. The van der Waals surface area contributed by atoms with Gasteiger partial charge in [-0.25, -0.2) is 0 Å². The molecular weight excluding hydrogens is 310 g/mol. The minimum atomic E-state index is -0.760. The molecule has 1 fully saturated rings. The Morgan fingerprint density at radius 2 is 2.17 bits per heavy atom. The molecule has 0 radical (unpaired) electrons. The van der Waals surface area contributed by atoms with Crippen LogP contribution in [0.3, 0.4) is 0 Å². The smallest absolute Gasteiger partial charge is 0.269 e. The van der Waals surface area contributed by atoms with Crippen LogP contribution in [0.15, 0.2) is 48.8 Å². The van der Waals surface area contributed by atoms with Gasteiger partial charge in [-0.3, -0.25) is 20.0 Å². The molecule has 2 aromatic rings. The van der Waals surface area contributed by atoms with Gasteiger partial charge in [-0.05, 0) is 24.1 Å². The number of nitro groups is 1. The van der Waals surface area contributed by atoms with Gasteiger partial charge in [0.1, 0.15) is 11.9 Å².